The van der Waals surface area contributed by atoms with Crippen molar-refractivity contribution in [1.82, 2.24) is 4.98 Å². The molecule has 0 saturated carbocycles. The summed E-state index contributed by atoms with van der Waals surface area (Å²) in [6, 6.07) is 0.591. The van der Waals surface area contributed by atoms with Gasteiger partial charge in [0.05, 0.1) is 0 Å². The molecule has 0 aliphatic rings. The summed E-state index contributed by atoms with van der Waals surface area (Å²) in [5.74, 6) is 0. The Labute approximate surface area is 91.9 Å². The third-order valence-corrected chi connectivity index (χ3v) is 2.11. The van der Waals surface area contributed by atoms with Gasteiger partial charge in [-0.25, -0.2) is 0 Å². The van der Waals surface area contributed by atoms with Gasteiger partial charge < -0.3 is 5.11 Å². The van der Waals surface area contributed by atoms with Crippen molar-refractivity contribution >= 4 is 0 Å². The van der Waals surface area contributed by atoms with Gasteiger partial charge in [0.1, 0.15) is 0 Å². The molecule has 0 fully saturated rings. The lowest BCUT2D eigenvalue weighted by Crippen LogP contribution is -2.54. The Hall–Kier alpha value is -1.31. The maximum absolute atomic E-state index is 12.4. The summed E-state index contributed by atoms with van der Waals surface area (Å²) in [6.07, 6.45) is -10.3. The second-order valence-corrected chi connectivity index (χ2v) is 3.46. The van der Waals surface area contributed by atoms with Gasteiger partial charge in [-0.2, -0.15) is 26.3 Å². The summed E-state index contributed by atoms with van der Waals surface area (Å²) in [5, 5.41) is 8.99. The van der Waals surface area contributed by atoms with Gasteiger partial charge >= 0.3 is 12.4 Å². The lowest BCUT2D eigenvalue weighted by molar-refractivity contribution is -0.376. The van der Waals surface area contributed by atoms with Gasteiger partial charge in [-0.3, -0.25) is 4.98 Å². The van der Waals surface area contributed by atoms with E-state index in [2.05, 4.69) is 4.98 Å². The molecule has 0 amide bonds. The molecule has 1 N–H and O–H groups in total. The molecule has 1 heterocycles. The fourth-order valence-electron chi connectivity index (χ4n) is 1.24. The lowest BCUT2D eigenvalue weighted by atomic mass is 9.93. The SMILES string of the molecule is Cc1cncc(C(O)(C(F)(F)F)C(F)(F)F)c1. The number of aryl methyl sites for hydroxylation is 1. The van der Waals surface area contributed by atoms with Crippen LogP contribution in [-0.2, 0) is 5.60 Å². The van der Waals surface area contributed by atoms with Crippen molar-refractivity contribution in [2.24, 2.45) is 0 Å². The average Bonchev–Trinajstić information content (AvgIpc) is 2.12. The standard InChI is InChI=1S/C9H7F6NO/c1-5-2-6(4-16-3-5)7(17,8(10,11)12)9(13,14)15/h2-4,17H,1H3. The molecule has 0 unspecified atom stereocenters. The van der Waals surface area contributed by atoms with Crippen molar-refractivity contribution in [3.8, 4) is 0 Å². The van der Waals surface area contributed by atoms with E-state index in [0.29, 0.717) is 12.3 Å². The van der Waals surface area contributed by atoms with Gasteiger partial charge in [0.2, 0.25) is 0 Å². The number of halogens is 6. The van der Waals surface area contributed by atoms with E-state index in [1.165, 1.54) is 6.92 Å². The average molecular weight is 259 g/mol. The Morgan fingerprint density at radius 3 is 1.82 bits per heavy atom. The van der Waals surface area contributed by atoms with Crippen LogP contribution in [0.25, 0.3) is 0 Å². The van der Waals surface area contributed by atoms with Gasteiger partial charge in [-0.05, 0) is 18.6 Å². The number of aliphatic hydroxyl groups is 1. The number of rotatable bonds is 1. The molecule has 0 aliphatic heterocycles. The summed E-state index contributed by atoms with van der Waals surface area (Å²) in [7, 11) is 0. The molecule has 0 aromatic carbocycles. The fraction of sp³-hybridized carbons (Fsp3) is 0.444. The van der Waals surface area contributed by atoms with Crippen LogP contribution in [0.2, 0.25) is 0 Å². The summed E-state index contributed by atoms with van der Waals surface area (Å²) >= 11 is 0. The minimum Gasteiger partial charge on any atom is -0.369 e. The van der Waals surface area contributed by atoms with Crippen molar-refractivity contribution < 1.29 is 31.4 Å². The quantitative estimate of drug-likeness (QED) is 0.786. The third kappa shape index (κ3) is 2.21. The van der Waals surface area contributed by atoms with Crippen LogP contribution in [0, 0.1) is 6.92 Å². The van der Waals surface area contributed by atoms with Crippen molar-refractivity contribution in [3.05, 3.63) is 29.6 Å². The number of hydrogen-bond donors (Lipinski definition) is 1. The van der Waals surface area contributed by atoms with Crippen LogP contribution >= 0.6 is 0 Å². The van der Waals surface area contributed by atoms with Gasteiger partial charge in [0, 0.05) is 18.0 Å². The molecule has 0 aliphatic carbocycles. The first kappa shape index (κ1) is 13.8. The first-order valence-electron chi connectivity index (χ1n) is 4.28. The number of nitrogens with zero attached hydrogens (tertiary/aromatic N) is 1. The summed E-state index contributed by atoms with van der Waals surface area (Å²) in [5.41, 5.74) is -6.18. The summed E-state index contributed by atoms with van der Waals surface area (Å²) in [6.45, 7) is 1.27. The van der Waals surface area contributed by atoms with E-state index in [-0.39, 0.29) is 5.56 Å². The number of hydrogen-bond acceptors (Lipinski definition) is 2. The minimum atomic E-state index is -5.87. The predicted molar refractivity (Wildman–Crippen MR) is 45.0 cm³/mol. The number of pyridine rings is 1. The van der Waals surface area contributed by atoms with Crippen molar-refractivity contribution in [2.75, 3.05) is 0 Å². The second-order valence-electron chi connectivity index (χ2n) is 3.46. The molecule has 1 aromatic heterocycles. The van der Waals surface area contributed by atoms with Crippen LogP contribution in [0.4, 0.5) is 26.3 Å². The van der Waals surface area contributed by atoms with Crippen molar-refractivity contribution in [2.45, 2.75) is 24.9 Å². The molecule has 0 atom stereocenters. The normalized spacial score (nSPS) is 13.9. The molecule has 8 heteroatoms. The molecule has 17 heavy (non-hydrogen) atoms. The maximum Gasteiger partial charge on any atom is 0.430 e. The molecule has 1 rings (SSSR count). The van der Waals surface area contributed by atoms with Crippen LogP contribution in [0.15, 0.2) is 18.5 Å². The van der Waals surface area contributed by atoms with E-state index >= 15 is 0 Å². The van der Waals surface area contributed by atoms with E-state index in [1.54, 1.807) is 0 Å². The number of aromatic nitrogens is 1. The van der Waals surface area contributed by atoms with Crippen molar-refractivity contribution in [3.63, 3.8) is 0 Å². The van der Waals surface area contributed by atoms with Crippen LogP contribution in [0.1, 0.15) is 11.1 Å². The zero-order valence-electron chi connectivity index (χ0n) is 8.39. The first-order valence-corrected chi connectivity index (χ1v) is 4.28. The first-order chi connectivity index (χ1) is 7.50. The van der Waals surface area contributed by atoms with Gasteiger partial charge in [-0.1, -0.05) is 0 Å². The Balaban J connectivity index is 3.46. The van der Waals surface area contributed by atoms with Crippen LogP contribution < -0.4 is 0 Å². The van der Waals surface area contributed by atoms with Gasteiger partial charge in [0.15, 0.2) is 0 Å². The molecule has 0 bridgehead atoms. The Morgan fingerprint density at radius 2 is 1.47 bits per heavy atom. The van der Waals surface area contributed by atoms with E-state index < -0.39 is 23.5 Å². The third-order valence-electron chi connectivity index (χ3n) is 2.11. The molecule has 96 valence electrons. The number of alkyl halides is 6. The highest BCUT2D eigenvalue weighted by atomic mass is 19.4. The summed E-state index contributed by atoms with van der Waals surface area (Å²) in [4.78, 5) is 3.22. The summed E-state index contributed by atoms with van der Waals surface area (Å²) < 4.78 is 74.5. The van der Waals surface area contributed by atoms with Crippen molar-refractivity contribution in [1.29, 1.82) is 0 Å². The second kappa shape index (κ2) is 3.86. The zero-order chi connectivity index (χ0) is 13.5. The fourth-order valence-corrected chi connectivity index (χ4v) is 1.24. The van der Waals surface area contributed by atoms with E-state index in [0.717, 1.165) is 6.20 Å². The predicted octanol–water partition coefficient (Wildman–Crippen LogP) is 2.70. The molecule has 1 aromatic rings. The smallest absolute Gasteiger partial charge is 0.369 e. The largest absolute Gasteiger partial charge is 0.430 e. The monoisotopic (exact) mass is 259 g/mol. The van der Waals surface area contributed by atoms with E-state index in [9.17, 15) is 26.3 Å². The van der Waals surface area contributed by atoms with Gasteiger partial charge in [-0.15, -0.1) is 0 Å². The highest BCUT2D eigenvalue weighted by molar-refractivity contribution is 5.26. The highest BCUT2D eigenvalue weighted by Gasteiger charge is 2.71. The minimum absolute atomic E-state index is 0.0782. The molecule has 0 saturated heterocycles. The molecular formula is C9H7F6NO. The Morgan fingerprint density at radius 1 is 1.00 bits per heavy atom. The zero-order valence-corrected chi connectivity index (χ0v) is 8.39. The molecule has 0 spiro atoms. The molecule has 2 nitrogen and oxygen atoms in total. The van der Waals surface area contributed by atoms with E-state index in [4.69, 9.17) is 5.11 Å². The molecular weight excluding hydrogens is 252 g/mol. The molecule has 0 radical (unpaired) electrons. The Kier molecular flexibility index (Phi) is 3.13. The Bertz CT molecular complexity index is 397. The maximum atomic E-state index is 12.4. The van der Waals surface area contributed by atoms with E-state index in [1.807, 2.05) is 0 Å². The lowest BCUT2D eigenvalue weighted by Gasteiger charge is -2.32. The van der Waals surface area contributed by atoms with Gasteiger partial charge in [0.25, 0.3) is 5.60 Å². The highest BCUT2D eigenvalue weighted by Crippen LogP contribution is 2.49. The van der Waals surface area contributed by atoms with Crippen LogP contribution in [0.3, 0.4) is 0 Å². The topological polar surface area (TPSA) is 33.1 Å². The van der Waals surface area contributed by atoms with Crippen LogP contribution in [0.5, 0.6) is 0 Å². The van der Waals surface area contributed by atoms with Crippen LogP contribution in [-0.4, -0.2) is 22.4 Å².